The molecule has 26 heavy (non-hydrogen) atoms. The number of hydrogen-bond acceptors (Lipinski definition) is 4. The van der Waals surface area contributed by atoms with Crippen LogP contribution < -0.4 is 0 Å². The van der Waals surface area contributed by atoms with Crippen molar-refractivity contribution in [2.75, 3.05) is 26.2 Å². The first-order valence-electron chi connectivity index (χ1n) is 9.21. The molecule has 1 aliphatic rings. The fourth-order valence-electron chi connectivity index (χ4n) is 3.48. The van der Waals surface area contributed by atoms with Gasteiger partial charge in [-0.1, -0.05) is 13.0 Å². The van der Waals surface area contributed by atoms with Gasteiger partial charge >= 0.3 is 0 Å². The van der Waals surface area contributed by atoms with Crippen LogP contribution in [-0.4, -0.2) is 57.9 Å². The third-order valence-corrected chi connectivity index (χ3v) is 5.04. The quantitative estimate of drug-likeness (QED) is 0.799. The van der Waals surface area contributed by atoms with E-state index in [0.717, 1.165) is 44.4 Å². The van der Waals surface area contributed by atoms with E-state index in [1.165, 1.54) is 12.3 Å². The molecule has 0 spiro atoms. The van der Waals surface area contributed by atoms with E-state index < -0.39 is 5.82 Å². The molecule has 0 radical (unpaired) electrons. The van der Waals surface area contributed by atoms with E-state index in [2.05, 4.69) is 21.8 Å². The normalized spacial score (nSPS) is 15.8. The minimum atomic E-state index is -0.564. The van der Waals surface area contributed by atoms with Crippen molar-refractivity contribution in [2.24, 2.45) is 0 Å². The van der Waals surface area contributed by atoms with Crippen molar-refractivity contribution in [3.05, 3.63) is 59.9 Å². The summed E-state index contributed by atoms with van der Waals surface area (Å²) in [6.07, 6.45) is 6.80. The molecule has 6 heteroatoms. The van der Waals surface area contributed by atoms with E-state index in [1.54, 1.807) is 6.20 Å². The lowest BCUT2D eigenvalue weighted by Crippen LogP contribution is -2.48. The molecule has 2 aromatic heterocycles. The van der Waals surface area contributed by atoms with Gasteiger partial charge in [-0.2, -0.15) is 0 Å². The number of piperidine rings is 1. The van der Waals surface area contributed by atoms with Crippen LogP contribution in [0.2, 0.25) is 0 Å². The number of carbonyl (C=O) groups excluding carboxylic acids is 1. The predicted octanol–water partition coefficient (Wildman–Crippen LogP) is 2.78. The van der Waals surface area contributed by atoms with Crippen molar-refractivity contribution in [3.63, 3.8) is 0 Å². The maximum absolute atomic E-state index is 14.1. The summed E-state index contributed by atoms with van der Waals surface area (Å²) in [5.41, 5.74) is 1.03. The summed E-state index contributed by atoms with van der Waals surface area (Å²) >= 11 is 0. The van der Waals surface area contributed by atoms with Crippen LogP contribution in [0.4, 0.5) is 4.39 Å². The van der Waals surface area contributed by atoms with E-state index in [-0.39, 0.29) is 17.5 Å². The van der Waals surface area contributed by atoms with Gasteiger partial charge in [0.25, 0.3) is 5.91 Å². The van der Waals surface area contributed by atoms with E-state index >= 15 is 0 Å². The first-order chi connectivity index (χ1) is 12.7. The summed E-state index contributed by atoms with van der Waals surface area (Å²) < 4.78 is 14.1. The number of hydrogen-bond donors (Lipinski definition) is 0. The zero-order valence-electron chi connectivity index (χ0n) is 15.1. The SMILES string of the molecule is CCN1CCC(N(CCc2ccccn2)C(=O)c2ccncc2F)CC1. The Labute approximate surface area is 153 Å². The molecule has 0 N–H and O–H groups in total. The van der Waals surface area contributed by atoms with Crippen molar-refractivity contribution in [2.45, 2.75) is 32.2 Å². The Hall–Kier alpha value is -2.34. The van der Waals surface area contributed by atoms with Crippen LogP contribution in [-0.2, 0) is 6.42 Å². The van der Waals surface area contributed by atoms with Crippen molar-refractivity contribution in [3.8, 4) is 0 Å². The molecule has 0 unspecified atom stereocenters. The summed E-state index contributed by atoms with van der Waals surface area (Å²) in [5.74, 6) is -0.817. The molecule has 1 aliphatic heterocycles. The van der Waals surface area contributed by atoms with Gasteiger partial charge in [0.1, 0.15) is 0 Å². The van der Waals surface area contributed by atoms with Crippen molar-refractivity contribution >= 4 is 5.91 Å². The second-order valence-corrected chi connectivity index (χ2v) is 6.59. The largest absolute Gasteiger partial charge is 0.335 e. The lowest BCUT2D eigenvalue weighted by Gasteiger charge is -2.38. The number of carbonyl (C=O) groups is 1. The second-order valence-electron chi connectivity index (χ2n) is 6.59. The fourth-order valence-corrected chi connectivity index (χ4v) is 3.48. The zero-order chi connectivity index (χ0) is 18.4. The zero-order valence-corrected chi connectivity index (χ0v) is 15.1. The smallest absolute Gasteiger partial charge is 0.257 e. The number of likely N-dealkylation sites (tertiary alicyclic amines) is 1. The molecule has 3 rings (SSSR count). The standard InChI is InChI=1S/C20H25FN4O/c1-2-24-12-8-17(9-13-24)25(14-7-16-5-3-4-10-23-16)20(26)18-6-11-22-15-19(18)21/h3-6,10-11,15,17H,2,7-9,12-14H2,1H3. The number of nitrogens with zero attached hydrogens (tertiary/aromatic N) is 4. The predicted molar refractivity (Wildman–Crippen MR) is 98.3 cm³/mol. The summed E-state index contributed by atoms with van der Waals surface area (Å²) in [4.78, 5) is 25.4. The van der Waals surface area contributed by atoms with Crippen molar-refractivity contribution in [1.82, 2.24) is 19.8 Å². The number of aromatic nitrogens is 2. The molecule has 0 aliphatic carbocycles. The molecule has 1 saturated heterocycles. The molecule has 138 valence electrons. The fraction of sp³-hybridized carbons (Fsp3) is 0.450. The Morgan fingerprint density at radius 3 is 2.73 bits per heavy atom. The first kappa shape index (κ1) is 18.5. The lowest BCUT2D eigenvalue weighted by atomic mass is 10.0. The molecule has 5 nitrogen and oxygen atoms in total. The van der Waals surface area contributed by atoms with Gasteiger partial charge < -0.3 is 9.80 Å². The highest BCUT2D eigenvalue weighted by atomic mass is 19.1. The molecule has 0 aromatic carbocycles. The van der Waals surface area contributed by atoms with Crippen molar-refractivity contribution < 1.29 is 9.18 Å². The van der Waals surface area contributed by atoms with Crippen LogP contribution in [0.1, 0.15) is 35.8 Å². The van der Waals surface area contributed by atoms with Crippen LogP contribution in [0.25, 0.3) is 0 Å². The number of rotatable bonds is 6. The number of amides is 1. The minimum absolute atomic E-state index is 0.0962. The van der Waals surface area contributed by atoms with Crippen LogP contribution in [0, 0.1) is 5.82 Å². The van der Waals surface area contributed by atoms with Gasteiger partial charge in [0.15, 0.2) is 5.82 Å². The van der Waals surface area contributed by atoms with Crippen LogP contribution in [0.15, 0.2) is 42.9 Å². The average molecular weight is 356 g/mol. The van der Waals surface area contributed by atoms with Gasteiger partial charge in [-0.05, 0) is 37.6 Å². The molecule has 0 saturated carbocycles. The Morgan fingerprint density at radius 1 is 1.27 bits per heavy atom. The van der Waals surface area contributed by atoms with Gasteiger partial charge in [-0.15, -0.1) is 0 Å². The summed E-state index contributed by atoms with van der Waals surface area (Å²) in [6, 6.07) is 7.36. The van der Waals surface area contributed by atoms with E-state index in [0.29, 0.717) is 13.0 Å². The molecular weight excluding hydrogens is 331 g/mol. The third-order valence-electron chi connectivity index (χ3n) is 5.04. The monoisotopic (exact) mass is 356 g/mol. The van der Waals surface area contributed by atoms with Crippen LogP contribution in [0.5, 0.6) is 0 Å². The molecular formula is C20H25FN4O. The molecule has 0 atom stereocenters. The van der Waals surface area contributed by atoms with Crippen LogP contribution in [0.3, 0.4) is 0 Å². The Morgan fingerprint density at radius 2 is 2.08 bits per heavy atom. The van der Waals surface area contributed by atoms with Gasteiger partial charge in [-0.3, -0.25) is 14.8 Å². The molecule has 3 heterocycles. The highest BCUT2D eigenvalue weighted by Crippen LogP contribution is 2.20. The van der Waals surface area contributed by atoms with Gasteiger partial charge in [0.05, 0.1) is 11.8 Å². The Kier molecular flexibility index (Phi) is 6.28. The van der Waals surface area contributed by atoms with Gasteiger partial charge in [0.2, 0.25) is 0 Å². The molecule has 1 amide bonds. The average Bonchev–Trinajstić information content (AvgIpc) is 2.69. The maximum atomic E-state index is 14.1. The molecule has 0 bridgehead atoms. The van der Waals surface area contributed by atoms with Gasteiger partial charge in [-0.25, -0.2) is 4.39 Å². The third kappa shape index (κ3) is 4.43. The van der Waals surface area contributed by atoms with Crippen molar-refractivity contribution in [1.29, 1.82) is 0 Å². The topological polar surface area (TPSA) is 49.3 Å². The number of pyridine rings is 2. The number of halogens is 1. The van der Waals surface area contributed by atoms with E-state index in [4.69, 9.17) is 0 Å². The highest BCUT2D eigenvalue weighted by molar-refractivity contribution is 5.94. The highest BCUT2D eigenvalue weighted by Gasteiger charge is 2.29. The Bertz CT molecular complexity index is 717. The lowest BCUT2D eigenvalue weighted by molar-refractivity contribution is 0.0575. The van der Waals surface area contributed by atoms with Crippen LogP contribution >= 0.6 is 0 Å². The first-order valence-corrected chi connectivity index (χ1v) is 9.21. The molecule has 1 fully saturated rings. The maximum Gasteiger partial charge on any atom is 0.257 e. The second kappa shape index (κ2) is 8.85. The summed E-state index contributed by atoms with van der Waals surface area (Å²) in [5, 5.41) is 0. The van der Waals surface area contributed by atoms with Gasteiger partial charge in [0, 0.05) is 50.2 Å². The van der Waals surface area contributed by atoms with E-state index in [1.807, 2.05) is 23.1 Å². The Balaban J connectivity index is 1.77. The van der Waals surface area contributed by atoms with E-state index in [9.17, 15) is 9.18 Å². The molecule has 2 aromatic rings. The summed E-state index contributed by atoms with van der Waals surface area (Å²) in [6.45, 7) is 5.64. The summed E-state index contributed by atoms with van der Waals surface area (Å²) in [7, 11) is 0. The minimum Gasteiger partial charge on any atom is -0.335 e.